The zero-order valence-corrected chi connectivity index (χ0v) is 11.1. The molecule has 1 nitrogen and oxygen atoms in total. The number of fused-ring (bicyclic) bond motifs is 1. The summed E-state index contributed by atoms with van der Waals surface area (Å²) in [5.41, 5.74) is 1.25. The Hall–Kier alpha value is -0.300. The Morgan fingerprint density at radius 1 is 1.25 bits per heavy atom. The Balaban J connectivity index is 2.21. The monoisotopic (exact) mass is 222 g/mol. The molecule has 1 N–H and O–H groups in total. The first-order valence-corrected chi connectivity index (χ1v) is 6.73. The van der Waals surface area contributed by atoms with Crippen LogP contribution in [0.25, 0.3) is 0 Å². The van der Waals surface area contributed by atoms with Gasteiger partial charge in [-0.25, -0.2) is 0 Å². The zero-order valence-electron chi connectivity index (χ0n) is 11.1. The maximum atomic E-state index is 10.6. The van der Waals surface area contributed by atoms with Gasteiger partial charge in [0.25, 0.3) is 0 Å². The van der Waals surface area contributed by atoms with Gasteiger partial charge in [-0.05, 0) is 63.2 Å². The van der Waals surface area contributed by atoms with Crippen LogP contribution < -0.4 is 0 Å². The van der Waals surface area contributed by atoms with Gasteiger partial charge in [0.05, 0.1) is 5.60 Å². The van der Waals surface area contributed by atoms with Crippen molar-refractivity contribution < 1.29 is 5.11 Å². The van der Waals surface area contributed by atoms with Crippen LogP contribution in [0.1, 0.15) is 59.3 Å². The van der Waals surface area contributed by atoms with Gasteiger partial charge in [-0.2, -0.15) is 0 Å². The average molecular weight is 222 g/mol. The second-order valence-corrected chi connectivity index (χ2v) is 6.73. The summed E-state index contributed by atoms with van der Waals surface area (Å²) in [6, 6.07) is 0. The molecule has 0 aromatic rings. The molecule has 2 rings (SSSR count). The van der Waals surface area contributed by atoms with Gasteiger partial charge in [0.15, 0.2) is 0 Å². The molecule has 0 unspecified atom stereocenters. The molecule has 1 heteroatoms. The molecular weight excluding hydrogens is 196 g/mol. The van der Waals surface area contributed by atoms with E-state index < -0.39 is 5.60 Å². The molecule has 0 spiro atoms. The van der Waals surface area contributed by atoms with E-state index in [1.54, 1.807) is 0 Å². The van der Waals surface area contributed by atoms with E-state index in [9.17, 15) is 5.11 Å². The molecule has 0 aliphatic heterocycles. The van der Waals surface area contributed by atoms with Crippen molar-refractivity contribution in [2.24, 2.45) is 17.3 Å². The predicted octanol–water partition coefficient (Wildman–Crippen LogP) is 3.92. The highest BCUT2D eigenvalue weighted by molar-refractivity contribution is 5.07. The number of aliphatic hydroxyl groups is 1. The second kappa shape index (κ2) is 3.87. The lowest BCUT2D eigenvalue weighted by molar-refractivity contribution is -0.120. The largest absolute Gasteiger partial charge is 0.390 e. The first-order valence-electron chi connectivity index (χ1n) is 6.73. The van der Waals surface area contributed by atoms with Crippen molar-refractivity contribution in [2.75, 3.05) is 0 Å². The molecule has 0 radical (unpaired) electrons. The molecule has 2 aliphatic rings. The van der Waals surface area contributed by atoms with Crippen molar-refractivity contribution in [3.63, 3.8) is 0 Å². The number of allylic oxidation sites excluding steroid dienone is 1. The predicted molar refractivity (Wildman–Crippen MR) is 68.2 cm³/mol. The van der Waals surface area contributed by atoms with E-state index in [4.69, 9.17) is 0 Å². The molecular formula is C15H26O. The van der Waals surface area contributed by atoms with Crippen LogP contribution in [-0.2, 0) is 0 Å². The van der Waals surface area contributed by atoms with E-state index in [2.05, 4.69) is 27.4 Å². The molecule has 2 aliphatic carbocycles. The summed E-state index contributed by atoms with van der Waals surface area (Å²) in [6.45, 7) is 10.7. The minimum atomic E-state index is -0.443. The Bertz CT molecular complexity index is 292. The zero-order chi connectivity index (χ0) is 12.0. The summed E-state index contributed by atoms with van der Waals surface area (Å²) >= 11 is 0. The van der Waals surface area contributed by atoms with Gasteiger partial charge in [0.1, 0.15) is 0 Å². The molecule has 2 fully saturated rings. The molecule has 92 valence electrons. The molecule has 0 saturated heterocycles. The van der Waals surface area contributed by atoms with Crippen molar-refractivity contribution in [3.8, 4) is 0 Å². The summed E-state index contributed by atoms with van der Waals surface area (Å²) < 4.78 is 0. The standard InChI is InChI=1S/C15H26O/c1-11(2)12-6-9-14(3)7-5-8-15(4,16)13(14)10-12/h12-13,16H,1,5-10H2,2-4H3/t12-,13+,14+,15-/m1/s1. The van der Waals surface area contributed by atoms with Crippen LogP contribution >= 0.6 is 0 Å². The normalized spacial score (nSPS) is 48.5. The topological polar surface area (TPSA) is 20.2 Å². The molecule has 0 bridgehead atoms. The number of rotatable bonds is 1. The summed E-state index contributed by atoms with van der Waals surface area (Å²) in [6.07, 6.45) is 7.17. The van der Waals surface area contributed by atoms with Crippen LogP contribution in [0, 0.1) is 17.3 Å². The lowest BCUT2D eigenvalue weighted by Crippen LogP contribution is -2.51. The van der Waals surface area contributed by atoms with Crippen molar-refractivity contribution in [1.29, 1.82) is 0 Å². The van der Waals surface area contributed by atoms with Gasteiger partial charge in [-0.1, -0.05) is 25.5 Å². The summed E-state index contributed by atoms with van der Waals surface area (Å²) in [5, 5.41) is 10.6. The Morgan fingerprint density at radius 3 is 2.56 bits per heavy atom. The molecule has 0 aromatic heterocycles. The van der Waals surface area contributed by atoms with Crippen molar-refractivity contribution in [3.05, 3.63) is 12.2 Å². The minimum Gasteiger partial charge on any atom is -0.390 e. The van der Waals surface area contributed by atoms with Gasteiger partial charge in [-0.15, -0.1) is 0 Å². The molecule has 0 aromatic carbocycles. The van der Waals surface area contributed by atoms with E-state index in [0.29, 0.717) is 17.3 Å². The second-order valence-electron chi connectivity index (χ2n) is 6.73. The van der Waals surface area contributed by atoms with Crippen molar-refractivity contribution >= 4 is 0 Å². The molecule has 4 atom stereocenters. The highest BCUT2D eigenvalue weighted by Crippen LogP contribution is 2.56. The van der Waals surface area contributed by atoms with Crippen LogP contribution in [-0.4, -0.2) is 10.7 Å². The fourth-order valence-corrected chi connectivity index (χ4v) is 4.14. The minimum absolute atomic E-state index is 0.383. The SMILES string of the molecule is C=C(C)[C@@H]1CC[C@]2(C)CCC[C@@](C)(O)[C@H]2C1. The first kappa shape index (κ1) is 12.2. The number of hydrogen-bond acceptors (Lipinski definition) is 1. The average Bonchev–Trinajstić information content (AvgIpc) is 2.15. The van der Waals surface area contributed by atoms with Crippen LogP contribution in [0.2, 0.25) is 0 Å². The summed E-state index contributed by atoms with van der Waals surface area (Å²) in [4.78, 5) is 0. The third-order valence-corrected chi connectivity index (χ3v) is 5.30. The van der Waals surface area contributed by atoms with Crippen LogP contribution in [0.5, 0.6) is 0 Å². The Labute approximate surface area is 99.9 Å². The summed E-state index contributed by atoms with van der Waals surface area (Å²) in [5.74, 6) is 1.12. The molecule has 0 heterocycles. The Kier molecular flexibility index (Phi) is 2.94. The van der Waals surface area contributed by atoms with E-state index in [1.165, 1.54) is 31.3 Å². The van der Waals surface area contributed by atoms with Crippen LogP contribution in [0.3, 0.4) is 0 Å². The van der Waals surface area contributed by atoms with E-state index >= 15 is 0 Å². The van der Waals surface area contributed by atoms with Gasteiger partial charge in [0.2, 0.25) is 0 Å². The fourth-order valence-electron chi connectivity index (χ4n) is 4.14. The van der Waals surface area contributed by atoms with E-state index in [-0.39, 0.29) is 0 Å². The maximum absolute atomic E-state index is 10.6. The first-order chi connectivity index (χ1) is 7.35. The summed E-state index contributed by atoms with van der Waals surface area (Å²) in [7, 11) is 0. The fraction of sp³-hybridized carbons (Fsp3) is 0.867. The third-order valence-electron chi connectivity index (χ3n) is 5.30. The van der Waals surface area contributed by atoms with E-state index in [1.807, 2.05) is 0 Å². The molecule has 0 amide bonds. The molecule has 16 heavy (non-hydrogen) atoms. The van der Waals surface area contributed by atoms with Gasteiger partial charge in [-0.3, -0.25) is 0 Å². The molecule has 2 saturated carbocycles. The highest BCUT2D eigenvalue weighted by atomic mass is 16.3. The Morgan fingerprint density at radius 2 is 1.94 bits per heavy atom. The van der Waals surface area contributed by atoms with Crippen molar-refractivity contribution in [2.45, 2.75) is 64.9 Å². The third kappa shape index (κ3) is 1.95. The van der Waals surface area contributed by atoms with Gasteiger partial charge >= 0.3 is 0 Å². The van der Waals surface area contributed by atoms with Crippen molar-refractivity contribution in [1.82, 2.24) is 0 Å². The van der Waals surface area contributed by atoms with Crippen LogP contribution in [0.4, 0.5) is 0 Å². The maximum Gasteiger partial charge on any atom is 0.0653 e. The van der Waals surface area contributed by atoms with Gasteiger partial charge in [0, 0.05) is 0 Å². The lowest BCUT2D eigenvalue weighted by Gasteiger charge is -2.54. The number of hydrogen-bond donors (Lipinski definition) is 1. The smallest absolute Gasteiger partial charge is 0.0653 e. The van der Waals surface area contributed by atoms with E-state index in [0.717, 1.165) is 12.8 Å². The quantitative estimate of drug-likeness (QED) is 0.667. The van der Waals surface area contributed by atoms with Crippen LogP contribution in [0.15, 0.2) is 12.2 Å². The highest BCUT2D eigenvalue weighted by Gasteiger charge is 2.50. The van der Waals surface area contributed by atoms with Gasteiger partial charge < -0.3 is 5.11 Å². The lowest BCUT2D eigenvalue weighted by atomic mass is 9.53.